The molecule has 1 aliphatic rings. The summed E-state index contributed by atoms with van der Waals surface area (Å²) in [5.74, 6) is -0.614. The minimum Gasteiger partial charge on any atom is -0.394 e. The highest BCUT2D eigenvalue weighted by Crippen LogP contribution is 2.29. The van der Waals surface area contributed by atoms with Gasteiger partial charge in [0.15, 0.2) is 5.79 Å². The summed E-state index contributed by atoms with van der Waals surface area (Å²) in [6.45, 7) is 4.89. The lowest BCUT2D eigenvalue weighted by Gasteiger charge is -2.16. The molecule has 0 aromatic heterocycles. The lowest BCUT2D eigenvalue weighted by molar-refractivity contribution is -0.150. The molecule has 1 heterocycles. The standard InChI is InChI=1S/C15H22O4/c1-15(2)18-13(14(10-16)19-15)8-9-17-11-12-6-4-3-5-7-12/h3-7,13-14,16H,8-11H2,1-2H3/t13-,14-/m0/s1. The van der Waals surface area contributed by atoms with Crippen molar-refractivity contribution in [2.45, 2.75) is 44.9 Å². The Morgan fingerprint density at radius 2 is 1.84 bits per heavy atom. The zero-order chi connectivity index (χ0) is 13.7. The van der Waals surface area contributed by atoms with E-state index in [0.29, 0.717) is 13.2 Å². The van der Waals surface area contributed by atoms with Crippen molar-refractivity contribution in [1.82, 2.24) is 0 Å². The third-order valence-corrected chi connectivity index (χ3v) is 3.12. The van der Waals surface area contributed by atoms with Crippen LogP contribution in [0.1, 0.15) is 25.8 Å². The minimum atomic E-state index is -0.614. The zero-order valence-corrected chi connectivity index (χ0v) is 11.5. The highest BCUT2D eigenvalue weighted by atomic mass is 16.8. The molecular formula is C15H22O4. The van der Waals surface area contributed by atoms with Crippen LogP contribution >= 0.6 is 0 Å². The molecule has 0 radical (unpaired) electrons. The van der Waals surface area contributed by atoms with Crippen LogP contribution in [0.2, 0.25) is 0 Å². The Bertz CT molecular complexity index is 377. The minimum absolute atomic E-state index is 0.0210. The molecule has 0 aliphatic carbocycles. The van der Waals surface area contributed by atoms with Crippen molar-refractivity contribution in [3.8, 4) is 0 Å². The Morgan fingerprint density at radius 1 is 1.16 bits per heavy atom. The lowest BCUT2D eigenvalue weighted by Crippen LogP contribution is -2.27. The van der Waals surface area contributed by atoms with E-state index in [9.17, 15) is 5.11 Å². The van der Waals surface area contributed by atoms with Crippen molar-refractivity contribution >= 4 is 0 Å². The third kappa shape index (κ3) is 4.28. The van der Waals surface area contributed by atoms with E-state index >= 15 is 0 Å². The molecule has 1 N–H and O–H groups in total. The van der Waals surface area contributed by atoms with Gasteiger partial charge in [-0.3, -0.25) is 0 Å². The average Bonchev–Trinajstić information content (AvgIpc) is 2.70. The molecule has 4 nitrogen and oxygen atoms in total. The van der Waals surface area contributed by atoms with Crippen molar-refractivity contribution in [2.75, 3.05) is 13.2 Å². The van der Waals surface area contributed by atoms with Gasteiger partial charge in [0.05, 0.1) is 19.3 Å². The van der Waals surface area contributed by atoms with Crippen molar-refractivity contribution < 1.29 is 19.3 Å². The van der Waals surface area contributed by atoms with Crippen LogP contribution in [0, 0.1) is 0 Å². The molecular weight excluding hydrogens is 244 g/mol. The predicted molar refractivity (Wildman–Crippen MR) is 71.6 cm³/mol. The number of rotatable bonds is 6. The highest BCUT2D eigenvalue weighted by molar-refractivity contribution is 5.13. The van der Waals surface area contributed by atoms with E-state index in [1.54, 1.807) is 0 Å². The van der Waals surface area contributed by atoms with E-state index in [2.05, 4.69) is 0 Å². The smallest absolute Gasteiger partial charge is 0.163 e. The first-order chi connectivity index (χ1) is 9.11. The number of hydrogen-bond acceptors (Lipinski definition) is 4. The van der Waals surface area contributed by atoms with Gasteiger partial charge in [0.25, 0.3) is 0 Å². The summed E-state index contributed by atoms with van der Waals surface area (Å²) in [5, 5.41) is 9.26. The molecule has 19 heavy (non-hydrogen) atoms. The van der Waals surface area contributed by atoms with Crippen LogP contribution in [0.5, 0.6) is 0 Å². The van der Waals surface area contributed by atoms with Crippen LogP contribution in [0.25, 0.3) is 0 Å². The van der Waals surface area contributed by atoms with Crippen molar-refractivity contribution in [2.24, 2.45) is 0 Å². The van der Waals surface area contributed by atoms with Crippen LogP contribution in [-0.2, 0) is 20.8 Å². The Morgan fingerprint density at radius 3 is 2.53 bits per heavy atom. The average molecular weight is 266 g/mol. The zero-order valence-electron chi connectivity index (χ0n) is 11.5. The van der Waals surface area contributed by atoms with E-state index in [0.717, 1.165) is 12.0 Å². The van der Waals surface area contributed by atoms with Crippen LogP contribution in [0.15, 0.2) is 30.3 Å². The summed E-state index contributed by atoms with van der Waals surface area (Å²) < 4.78 is 17.0. The molecule has 4 heteroatoms. The molecule has 2 atom stereocenters. The maximum atomic E-state index is 9.26. The first kappa shape index (κ1) is 14.5. The first-order valence-corrected chi connectivity index (χ1v) is 6.69. The second kappa shape index (κ2) is 6.48. The van der Waals surface area contributed by atoms with E-state index < -0.39 is 5.79 Å². The van der Waals surface area contributed by atoms with E-state index in [-0.39, 0.29) is 18.8 Å². The van der Waals surface area contributed by atoms with Gasteiger partial charge in [-0.2, -0.15) is 0 Å². The van der Waals surface area contributed by atoms with Gasteiger partial charge in [0, 0.05) is 6.61 Å². The number of hydrogen-bond donors (Lipinski definition) is 1. The van der Waals surface area contributed by atoms with Gasteiger partial charge in [0.1, 0.15) is 6.10 Å². The Balaban J connectivity index is 1.71. The maximum absolute atomic E-state index is 9.26. The monoisotopic (exact) mass is 266 g/mol. The Kier molecular flexibility index (Phi) is 4.93. The molecule has 1 aliphatic heterocycles. The molecule has 1 saturated heterocycles. The van der Waals surface area contributed by atoms with Gasteiger partial charge in [0.2, 0.25) is 0 Å². The highest BCUT2D eigenvalue weighted by Gasteiger charge is 2.40. The molecule has 1 fully saturated rings. The topological polar surface area (TPSA) is 47.9 Å². The molecule has 2 rings (SSSR count). The lowest BCUT2D eigenvalue weighted by atomic mass is 10.1. The van der Waals surface area contributed by atoms with Gasteiger partial charge in [-0.15, -0.1) is 0 Å². The summed E-state index contributed by atoms with van der Waals surface area (Å²) in [7, 11) is 0. The van der Waals surface area contributed by atoms with Gasteiger partial charge in [-0.05, 0) is 25.8 Å². The van der Waals surface area contributed by atoms with Crippen LogP contribution in [-0.4, -0.2) is 36.3 Å². The van der Waals surface area contributed by atoms with E-state index in [1.165, 1.54) is 0 Å². The van der Waals surface area contributed by atoms with Gasteiger partial charge in [-0.25, -0.2) is 0 Å². The Labute approximate surface area is 114 Å². The van der Waals surface area contributed by atoms with Gasteiger partial charge >= 0.3 is 0 Å². The summed E-state index contributed by atoms with van der Waals surface area (Å²) in [6.07, 6.45) is 0.368. The SMILES string of the molecule is CC1(C)O[C@@H](CO)[C@H](CCOCc2ccccc2)O1. The van der Waals surface area contributed by atoms with Crippen LogP contribution in [0.3, 0.4) is 0 Å². The van der Waals surface area contributed by atoms with E-state index in [1.807, 2.05) is 44.2 Å². The number of ether oxygens (including phenoxy) is 3. The fourth-order valence-corrected chi connectivity index (χ4v) is 2.27. The molecule has 0 unspecified atom stereocenters. The number of aliphatic hydroxyl groups excluding tert-OH is 1. The van der Waals surface area contributed by atoms with Gasteiger partial charge < -0.3 is 19.3 Å². The second-order valence-corrected chi connectivity index (χ2v) is 5.22. The van der Waals surface area contributed by atoms with Gasteiger partial charge in [-0.1, -0.05) is 30.3 Å². The summed E-state index contributed by atoms with van der Waals surface area (Å²) in [6, 6.07) is 10.1. The first-order valence-electron chi connectivity index (χ1n) is 6.69. The predicted octanol–water partition coefficient (Wildman–Crippen LogP) is 2.11. The molecule has 1 aromatic rings. The van der Waals surface area contributed by atoms with Crippen molar-refractivity contribution in [3.05, 3.63) is 35.9 Å². The number of aliphatic hydroxyl groups is 1. The largest absolute Gasteiger partial charge is 0.394 e. The van der Waals surface area contributed by atoms with Crippen LogP contribution in [0.4, 0.5) is 0 Å². The fourth-order valence-electron chi connectivity index (χ4n) is 2.27. The van der Waals surface area contributed by atoms with Crippen molar-refractivity contribution in [1.29, 1.82) is 0 Å². The van der Waals surface area contributed by atoms with E-state index in [4.69, 9.17) is 14.2 Å². The fraction of sp³-hybridized carbons (Fsp3) is 0.600. The quantitative estimate of drug-likeness (QED) is 0.801. The number of benzene rings is 1. The third-order valence-electron chi connectivity index (χ3n) is 3.12. The summed E-state index contributed by atoms with van der Waals surface area (Å²) in [4.78, 5) is 0. The molecule has 0 saturated carbocycles. The molecule has 0 spiro atoms. The summed E-state index contributed by atoms with van der Waals surface area (Å²) >= 11 is 0. The Hall–Kier alpha value is -0.940. The normalized spacial score (nSPS) is 25.6. The second-order valence-electron chi connectivity index (χ2n) is 5.22. The molecule has 0 bridgehead atoms. The molecule has 0 amide bonds. The molecule has 1 aromatic carbocycles. The summed E-state index contributed by atoms with van der Waals surface area (Å²) in [5.41, 5.74) is 1.16. The van der Waals surface area contributed by atoms with Crippen LogP contribution < -0.4 is 0 Å². The maximum Gasteiger partial charge on any atom is 0.163 e. The molecule has 106 valence electrons. The van der Waals surface area contributed by atoms with Crippen molar-refractivity contribution in [3.63, 3.8) is 0 Å².